The Morgan fingerprint density at radius 2 is 2.00 bits per heavy atom. The molecule has 8 nitrogen and oxygen atoms in total. The Bertz CT molecular complexity index is 915. The van der Waals surface area contributed by atoms with E-state index in [1.54, 1.807) is 12.1 Å². The van der Waals surface area contributed by atoms with Crippen LogP contribution in [0.15, 0.2) is 27.4 Å². The fraction of sp³-hybridized carbons (Fsp3) is 0.353. The van der Waals surface area contributed by atoms with E-state index in [9.17, 15) is 14.4 Å². The van der Waals surface area contributed by atoms with Gasteiger partial charge >= 0.3 is 11.6 Å². The number of halogens is 2. The van der Waals surface area contributed by atoms with E-state index in [2.05, 4.69) is 26.6 Å². The predicted molar refractivity (Wildman–Crippen MR) is 107 cm³/mol. The monoisotopic (exact) mass is 459 g/mol. The quantitative estimate of drug-likeness (QED) is 0.543. The van der Waals surface area contributed by atoms with Crippen molar-refractivity contribution in [3.05, 3.63) is 33.6 Å². The summed E-state index contributed by atoms with van der Waals surface area (Å²) in [5.41, 5.74) is 5.17. The maximum Gasteiger partial charge on any atom is 0.346 e. The van der Waals surface area contributed by atoms with E-state index in [1.165, 1.54) is 19.9 Å². The van der Waals surface area contributed by atoms with Crippen LogP contribution in [-0.2, 0) is 9.59 Å². The Labute approximate surface area is 168 Å². The molecule has 27 heavy (non-hydrogen) atoms. The molecular formula is C17H19BrClN3O5. The zero-order valence-corrected chi connectivity index (χ0v) is 17.0. The third-order valence-electron chi connectivity index (χ3n) is 3.58. The maximum absolute atomic E-state index is 12.2. The second kappa shape index (κ2) is 9.20. The maximum atomic E-state index is 12.2. The van der Waals surface area contributed by atoms with E-state index >= 15 is 0 Å². The molecule has 2 amide bonds. The Kier molecular flexibility index (Phi) is 7.23. The zero-order chi connectivity index (χ0) is 20.1. The predicted octanol–water partition coefficient (Wildman–Crippen LogP) is 2.01. The lowest BCUT2D eigenvalue weighted by Crippen LogP contribution is -2.47. The Balaban J connectivity index is 2.23. The topological polar surface area (TPSA) is 124 Å². The minimum absolute atomic E-state index is 0.0577. The first-order valence-corrected chi connectivity index (χ1v) is 9.56. The van der Waals surface area contributed by atoms with Gasteiger partial charge in [-0.15, -0.1) is 0 Å². The van der Waals surface area contributed by atoms with Crippen molar-refractivity contribution in [3.8, 4) is 5.95 Å². The molecule has 0 saturated carbocycles. The molecule has 0 radical (unpaired) electrons. The second-order valence-corrected chi connectivity index (χ2v) is 6.97. The van der Waals surface area contributed by atoms with Crippen LogP contribution in [0.2, 0.25) is 5.02 Å². The van der Waals surface area contributed by atoms with E-state index < -0.39 is 29.5 Å². The van der Waals surface area contributed by atoms with Gasteiger partial charge in [0.25, 0.3) is 0 Å². The molecular weight excluding hydrogens is 442 g/mol. The largest absolute Gasteiger partial charge is 0.463 e. The van der Waals surface area contributed by atoms with Crippen LogP contribution in [0, 0.1) is 0 Å². The Morgan fingerprint density at radius 3 is 2.63 bits per heavy atom. The van der Waals surface area contributed by atoms with Crippen LogP contribution in [0.1, 0.15) is 13.8 Å². The fourth-order valence-corrected chi connectivity index (χ4v) is 2.58. The van der Waals surface area contributed by atoms with E-state index in [-0.39, 0.29) is 23.0 Å². The van der Waals surface area contributed by atoms with Gasteiger partial charge in [-0.1, -0.05) is 33.6 Å². The lowest BCUT2D eigenvalue weighted by molar-refractivity contribution is -0.126. The van der Waals surface area contributed by atoms with Crippen LogP contribution < -0.4 is 26.7 Å². The average molecular weight is 461 g/mol. The van der Waals surface area contributed by atoms with E-state index in [0.29, 0.717) is 16.4 Å². The molecule has 0 aliphatic heterocycles. The van der Waals surface area contributed by atoms with Gasteiger partial charge in [0.05, 0.1) is 11.4 Å². The van der Waals surface area contributed by atoms with Gasteiger partial charge in [-0.05, 0) is 26.0 Å². The SMILES string of the molecule is CC(N)C(=O)NC(C)C(=O)Nc1ccc2c(Cl)c(OCCBr)oc(=O)c2c1. The first kappa shape index (κ1) is 21.2. The van der Waals surface area contributed by atoms with Crippen LogP contribution in [0.3, 0.4) is 0 Å². The number of carbonyl (C=O) groups is 2. The summed E-state index contributed by atoms with van der Waals surface area (Å²) in [5.74, 6) is -0.964. The summed E-state index contributed by atoms with van der Waals surface area (Å²) in [6.07, 6.45) is 0. The zero-order valence-electron chi connectivity index (χ0n) is 14.7. The Hall–Kier alpha value is -2.10. The van der Waals surface area contributed by atoms with Gasteiger partial charge in [0.15, 0.2) is 0 Å². The number of ether oxygens (including phenoxy) is 1. The van der Waals surface area contributed by atoms with Crippen molar-refractivity contribution < 1.29 is 18.7 Å². The van der Waals surface area contributed by atoms with Gasteiger partial charge in [-0.25, -0.2) is 4.79 Å². The van der Waals surface area contributed by atoms with Gasteiger partial charge in [0.2, 0.25) is 11.8 Å². The molecule has 10 heteroatoms. The number of benzene rings is 1. The van der Waals surface area contributed by atoms with Crippen LogP contribution in [0.4, 0.5) is 5.69 Å². The van der Waals surface area contributed by atoms with Crippen molar-refractivity contribution in [2.45, 2.75) is 25.9 Å². The molecule has 0 saturated heterocycles. The van der Waals surface area contributed by atoms with Gasteiger partial charge in [0, 0.05) is 16.4 Å². The number of alkyl halides is 1. The smallest absolute Gasteiger partial charge is 0.346 e. The molecule has 2 rings (SSSR count). The van der Waals surface area contributed by atoms with Crippen molar-refractivity contribution in [1.29, 1.82) is 0 Å². The van der Waals surface area contributed by atoms with Crippen LogP contribution in [-0.4, -0.2) is 35.8 Å². The highest BCUT2D eigenvalue weighted by Crippen LogP contribution is 2.31. The molecule has 1 aromatic heterocycles. The number of hydrogen-bond donors (Lipinski definition) is 3. The summed E-state index contributed by atoms with van der Waals surface area (Å²) in [7, 11) is 0. The summed E-state index contributed by atoms with van der Waals surface area (Å²) >= 11 is 9.43. The fourth-order valence-electron chi connectivity index (χ4n) is 2.16. The lowest BCUT2D eigenvalue weighted by Gasteiger charge is -2.16. The van der Waals surface area contributed by atoms with Crippen LogP contribution in [0.25, 0.3) is 10.8 Å². The Morgan fingerprint density at radius 1 is 1.30 bits per heavy atom. The minimum Gasteiger partial charge on any atom is -0.463 e. The van der Waals surface area contributed by atoms with E-state index in [4.69, 9.17) is 26.5 Å². The second-order valence-electron chi connectivity index (χ2n) is 5.80. The van der Waals surface area contributed by atoms with Gasteiger partial charge in [-0.3, -0.25) is 9.59 Å². The van der Waals surface area contributed by atoms with Gasteiger partial charge in [-0.2, -0.15) is 0 Å². The molecule has 2 unspecified atom stereocenters. The van der Waals surface area contributed by atoms with Crippen molar-refractivity contribution in [3.63, 3.8) is 0 Å². The number of nitrogens with one attached hydrogen (secondary N) is 2. The molecule has 2 aromatic rings. The third kappa shape index (κ3) is 5.21. The standard InChI is InChI=1S/C17H19BrClN3O5/c1-8(20)14(23)21-9(2)15(24)22-10-3-4-11-12(7-10)16(25)27-17(13(11)19)26-6-5-18/h3-4,7-9H,5-6,20H2,1-2H3,(H,21,23)(H,22,24). The molecule has 0 spiro atoms. The van der Waals surface area contributed by atoms with Crippen molar-refractivity contribution in [2.24, 2.45) is 5.73 Å². The van der Waals surface area contributed by atoms with Crippen molar-refractivity contribution in [1.82, 2.24) is 5.32 Å². The normalized spacial score (nSPS) is 13.1. The molecule has 2 atom stereocenters. The summed E-state index contributed by atoms with van der Waals surface area (Å²) in [5, 5.41) is 6.45. The number of rotatable bonds is 7. The molecule has 1 aromatic carbocycles. The van der Waals surface area contributed by atoms with E-state index in [0.717, 1.165) is 0 Å². The molecule has 0 aliphatic carbocycles. The third-order valence-corrected chi connectivity index (χ3v) is 4.27. The highest BCUT2D eigenvalue weighted by atomic mass is 79.9. The number of carbonyl (C=O) groups excluding carboxylic acids is 2. The van der Waals surface area contributed by atoms with Crippen LogP contribution >= 0.6 is 27.5 Å². The number of anilines is 1. The van der Waals surface area contributed by atoms with Gasteiger partial charge in [0.1, 0.15) is 17.7 Å². The van der Waals surface area contributed by atoms with Crippen LogP contribution in [0.5, 0.6) is 5.95 Å². The van der Waals surface area contributed by atoms with Gasteiger partial charge < -0.3 is 25.5 Å². The highest BCUT2D eigenvalue weighted by molar-refractivity contribution is 9.09. The number of nitrogens with two attached hydrogens (primary N) is 1. The lowest BCUT2D eigenvalue weighted by atomic mass is 10.1. The van der Waals surface area contributed by atoms with Crippen molar-refractivity contribution in [2.75, 3.05) is 17.3 Å². The average Bonchev–Trinajstić information content (AvgIpc) is 2.63. The van der Waals surface area contributed by atoms with E-state index in [1.807, 2.05) is 0 Å². The molecule has 0 bridgehead atoms. The summed E-state index contributed by atoms with van der Waals surface area (Å²) in [6, 6.07) is 3.07. The van der Waals surface area contributed by atoms with Crippen molar-refractivity contribution >= 4 is 55.8 Å². The first-order valence-electron chi connectivity index (χ1n) is 8.06. The molecule has 0 fully saturated rings. The number of hydrogen-bond acceptors (Lipinski definition) is 6. The minimum atomic E-state index is -0.806. The molecule has 0 aliphatic rings. The molecule has 146 valence electrons. The highest BCUT2D eigenvalue weighted by Gasteiger charge is 2.19. The first-order chi connectivity index (χ1) is 12.7. The molecule has 1 heterocycles. The summed E-state index contributed by atoms with van der Waals surface area (Å²) in [4.78, 5) is 36.0. The number of amides is 2. The number of fused-ring (bicyclic) bond motifs is 1. The summed E-state index contributed by atoms with van der Waals surface area (Å²) in [6.45, 7) is 3.32. The summed E-state index contributed by atoms with van der Waals surface area (Å²) < 4.78 is 10.4. The molecule has 4 N–H and O–H groups in total.